The molecule has 21 heavy (non-hydrogen) atoms. The van der Waals surface area contributed by atoms with Gasteiger partial charge in [-0.15, -0.1) is 0 Å². The molecule has 0 aliphatic heterocycles. The Labute approximate surface area is 120 Å². The minimum absolute atomic E-state index is 0.0946. The highest BCUT2D eigenvalue weighted by molar-refractivity contribution is 5.80. The lowest BCUT2D eigenvalue weighted by atomic mass is 10.2. The van der Waals surface area contributed by atoms with Crippen LogP contribution in [0, 0.1) is 5.92 Å². The minimum Gasteiger partial charge on any atom is -0.356 e. The molecule has 0 bridgehead atoms. The van der Waals surface area contributed by atoms with E-state index in [0.29, 0.717) is 23.2 Å². The van der Waals surface area contributed by atoms with Crippen LogP contribution in [0.1, 0.15) is 19.3 Å². The average molecular weight is 287 g/mol. The third kappa shape index (κ3) is 3.04. The Morgan fingerprint density at radius 1 is 1.24 bits per heavy atom. The van der Waals surface area contributed by atoms with Gasteiger partial charge in [0.25, 0.3) is 11.1 Å². The van der Waals surface area contributed by atoms with Crippen molar-refractivity contribution >= 4 is 16.7 Å². The van der Waals surface area contributed by atoms with Crippen LogP contribution in [0.5, 0.6) is 0 Å². The molecule has 3 rings (SSSR count). The predicted molar refractivity (Wildman–Crippen MR) is 79.2 cm³/mol. The van der Waals surface area contributed by atoms with Gasteiger partial charge in [0.05, 0.1) is 17.3 Å². The number of amides is 1. The maximum Gasteiger partial charge on any atom is 0.273 e. The molecule has 1 aromatic heterocycles. The number of rotatable bonds is 5. The fourth-order valence-corrected chi connectivity index (χ4v) is 2.29. The zero-order chi connectivity index (χ0) is 14.8. The van der Waals surface area contributed by atoms with E-state index in [1.165, 1.54) is 17.5 Å². The summed E-state index contributed by atoms with van der Waals surface area (Å²) in [4.78, 5) is 35.8. The van der Waals surface area contributed by atoms with Crippen molar-refractivity contribution in [1.82, 2.24) is 15.1 Å². The first-order valence-electron chi connectivity index (χ1n) is 7.14. The first-order valence-corrected chi connectivity index (χ1v) is 7.14. The molecule has 0 spiro atoms. The maximum atomic E-state index is 12.2. The van der Waals surface area contributed by atoms with Crippen molar-refractivity contribution in [1.29, 1.82) is 0 Å². The van der Waals surface area contributed by atoms with E-state index >= 15 is 0 Å². The highest BCUT2D eigenvalue weighted by atomic mass is 16.2. The molecular weight excluding hydrogens is 270 g/mol. The summed E-state index contributed by atoms with van der Waals surface area (Å²) in [5, 5.41) is 6.11. The second kappa shape index (κ2) is 5.55. The standard InChI is InChI=1S/C15H17N3O3/c19-13(16-9-10-5-6-10)7-8-18-15(21)12-4-2-1-3-11(12)14(20)17-18/h1-4,10H,5-9H2,(H,16,19)(H,17,20). The number of hydrogen-bond acceptors (Lipinski definition) is 3. The molecule has 1 aliphatic rings. The normalized spacial score (nSPS) is 14.3. The van der Waals surface area contributed by atoms with Crippen LogP contribution >= 0.6 is 0 Å². The Morgan fingerprint density at radius 2 is 1.95 bits per heavy atom. The summed E-state index contributed by atoms with van der Waals surface area (Å²) in [5.74, 6) is 0.528. The fourth-order valence-electron chi connectivity index (χ4n) is 2.29. The lowest BCUT2D eigenvalue weighted by molar-refractivity contribution is -0.121. The molecule has 0 atom stereocenters. The predicted octanol–water partition coefficient (Wildman–Crippen LogP) is 0.606. The summed E-state index contributed by atoms with van der Waals surface area (Å²) >= 11 is 0. The van der Waals surface area contributed by atoms with Crippen LogP contribution in [-0.4, -0.2) is 22.2 Å². The monoisotopic (exact) mass is 287 g/mol. The Kier molecular flexibility index (Phi) is 3.60. The topological polar surface area (TPSA) is 84.0 Å². The first kappa shape index (κ1) is 13.6. The molecule has 2 N–H and O–H groups in total. The summed E-state index contributed by atoms with van der Waals surface area (Å²) < 4.78 is 1.21. The molecule has 110 valence electrons. The van der Waals surface area contributed by atoms with Crippen molar-refractivity contribution in [2.75, 3.05) is 6.54 Å². The van der Waals surface area contributed by atoms with Crippen LogP contribution < -0.4 is 16.4 Å². The molecule has 1 aromatic carbocycles. The van der Waals surface area contributed by atoms with E-state index in [2.05, 4.69) is 10.4 Å². The number of carbonyl (C=O) groups is 1. The molecule has 1 aliphatic carbocycles. The van der Waals surface area contributed by atoms with Crippen molar-refractivity contribution in [3.8, 4) is 0 Å². The third-order valence-electron chi connectivity index (χ3n) is 3.73. The molecule has 1 fully saturated rings. The van der Waals surface area contributed by atoms with Gasteiger partial charge in [-0.25, -0.2) is 4.68 Å². The van der Waals surface area contributed by atoms with Gasteiger partial charge in [0.15, 0.2) is 0 Å². The molecule has 2 aromatic rings. The number of aromatic nitrogens is 2. The molecule has 0 radical (unpaired) electrons. The molecule has 0 unspecified atom stereocenters. The quantitative estimate of drug-likeness (QED) is 0.845. The highest BCUT2D eigenvalue weighted by Gasteiger charge is 2.21. The molecular formula is C15H17N3O3. The molecule has 6 heteroatoms. The smallest absolute Gasteiger partial charge is 0.273 e. The van der Waals surface area contributed by atoms with Gasteiger partial charge in [-0.3, -0.25) is 19.5 Å². The van der Waals surface area contributed by atoms with Crippen LogP contribution in [0.15, 0.2) is 33.9 Å². The molecule has 1 saturated carbocycles. The molecule has 1 heterocycles. The zero-order valence-corrected chi connectivity index (χ0v) is 11.6. The lowest BCUT2D eigenvalue weighted by Crippen LogP contribution is -2.33. The average Bonchev–Trinajstić information content (AvgIpc) is 3.32. The first-order chi connectivity index (χ1) is 10.1. The number of carbonyl (C=O) groups excluding carboxylic acids is 1. The van der Waals surface area contributed by atoms with Gasteiger partial charge >= 0.3 is 0 Å². The van der Waals surface area contributed by atoms with Crippen molar-refractivity contribution < 1.29 is 4.79 Å². The van der Waals surface area contributed by atoms with E-state index in [1.807, 2.05) is 0 Å². The summed E-state index contributed by atoms with van der Waals surface area (Å²) in [5.41, 5.74) is -0.594. The third-order valence-corrected chi connectivity index (χ3v) is 3.73. The summed E-state index contributed by atoms with van der Waals surface area (Å²) in [7, 11) is 0. The van der Waals surface area contributed by atoms with Gasteiger partial charge < -0.3 is 5.32 Å². The molecule has 0 saturated heterocycles. The second-order valence-electron chi connectivity index (χ2n) is 5.44. The molecule has 1 amide bonds. The minimum atomic E-state index is -0.316. The number of H-pyrrole nitrogens is 1. The van der Waals surface area contributed by atoms with Crippen molar-refractivity contribution in [2.24, 2.45) is 5.92 Å². The van der Waals surface area contributed by atoms with Gasteiger partial charge in [0.1, 0.15) is 0 Å². The van der Waals surface area contributed by atoms with E-state index in [0.717, 1.165) is 0 Å². The zero-order valence-electron chi connectivity index (χ0n) is 11.6. The van der Waals surface area contributed by atoms with Gasteiger partial charge in [0, 0.05) is 13.0 Å². The Balaban J connectivity index is 1.74. The van der Waals surface area contributed by atoms with Crippen LogP contribution in [-0.2, 0) is 11.3 Å². The number of fused-ring (bicyclic) bond motifs is 1. The largest absolute Gasteiger partial charge is 0.356 e. The van der Waals surface area contributed by atoms with Gasteiger partial charge in [0.2, 0.25) is 5.91 Å². The maximum absolute atomic E-state index is 12.2. The SMILES string of the molecule is O=C(CCn1[nH]c(=O)c2ccccc2c1=O)NCC1CC1. The van der Waals surface area contributed by atoms with Crippen LogP contribution in [0.2, 0.25) is 0 Å². The number of nitrogens with zero attached hydrogens (tertiary/aromatic N) is 1. The Morgan fingerprint density at radius 3 is 2.67 bits per heavy atom. The number of benzene rings is 1. The van der Waals surface area contributed by atoms with Gasteiger partial charge in [-0.1, -0.05) is 12.1 Å². The number of aryl methyl sites for hydroxylation is 1. The summed E-state index contributed by atoms with van der Waals surface area (Å²) in [6.07, 6.45) is 2.54. The second-order valence-corrected chi connectivity index (χ2v) is 5.44. The van der Waals surface area contributed by atoms with Crippen molar-refractivity contribution in [3.63, 3.8) is 0 Å². The summed E-state index contributed by atoms with van der Waals surface area (Å²) in [6, 6.07) is 6.67. The fraction of sp³-hybridized carbons (Fsp3) is 0.400. The van der Waals surface area contributed by atoms with Crippen LogP contribution in [0.4, 0.5) is 0 Å². The number of aromatic amines is 1. The van der Waals surface area contributed by atoms with Crippen LogP contribution in [0.25, 0.3) is 10.8 Å². The van der Waals surface area contributed by atoms with Crippen LogP contribution in [0.3, 0.4) is 0 Å². The van der Waals surface area contributed by atoms with Gasteiger partial charge in [-0.05, 0) is 30.9 Å². The van der Waals surface area contributed by atoms with E-state index < -0.39 is 0 Å². The lowest BCUT2D eigenvalue weighted by Gasteiger charge is -2.07. The van der Waals surface area contributed by atoms with Crippen molar-refractivity contribution in [2.45, 2.75) is 25.8 Å². The highest BCUT2D eigenvalue weighted by Crippen LogP contribution is 2.27. The Hall–Kier alpha value is -2.37. The van der Waals surface area contributed by atoms with E-state index in [4.69, 9.17) is 0 Å². The Bertz CT molecular complexity index is 787. The van der Waals surface area contributed by atoms with E-state index in [-0.39, 0.29) is 30.0 Å². The molecule has 6 nitrogen and oxygen atoms in total. The van der Waals surface area contributed by atoms with Crippen molar-refractivity contribution in [3.05, 3.63) is 45.0 Å². The van der Waals surface area contributed by atoms with E-state index in [9.17, 15) is 14.4 Å². The van der Waals surface area contributed by atoms with Gasteiger partial charge in [-0.2, -0.15) is 0 Å². The number of nitrogens with one attached hydrogen (secondary N) is 2. The summed E-state index contributed by atoms with van der Waals surface area (Å²) in [6.45, 7) is 0.886. The van der Waals surface area contributed by atoms with E-state index in [1.54, 1.807) is 24.3 Å². The number of hydrogen-bond donors (Lipinski definition) is 2.